The first-order valence-corrected chi connectivity index (χ1v) is 8.01. The van der Waals surface area contributed by atoms with Crippen LogP contribution in [0.5, 0.6) is 0 Å². The minimum absolute atomic E-state index is 0.0431. The Balaban J connectivity index is 2.23. The Bertz CT molecular complexity index is 730. The van der Waals surface area contributed by atoms with Gasteiger partial charge in [-0.1, -0.05) is 6.92 Å². The third-order valence-electron chi connectivity index (χ3n) is 3.06. The summed E-state index contributed by atoms with van der Waals surface area (Å²) in [5.74, 6) is 0.537. The fourth-order valence-electron chi connectivity index (χ4n) is 2.14. The van der Waals surface area contributed by atoms with E-state index in [1.807, 2.05) is 6.92 Å². The van der Waals surface area contributed by atoms with Gasteiger partial charge in [0.05, 0.1) is 17.6 Å². The van der Waals surface area contributed by atoms with Crippen molar-refractivity contribution in [1.29, 1.82) is 0 Å². The monoisotopic (exact) mass is 312 g/mol. The van der Waals surface area contributed by atoms with Crippen LogP contribution in [0.1, 0.15) is 29.7 Å². The molecule has 0 atom stereocenters. The Labute approximate surface area is 123 Å². The van der Waals surface area contributed by atoms with Gasteiger partial charge in [0.2, 0.25) is 15.9 Å². The van der Waals surface area contributed by atoms with E-state index in [9.17, 15) is 12.8 Å². The lowest BCUT2D eigenvalue weighted by molar-refractivity contribution is 0.452. The van der Waals surface area contributed by atoms with Crippen LogP contribution in [0, 0.1) is 19.7 Å². The highest BCUT2D eigenvalue weighted by atomic mass is 32.2. The van der Waals surface area contributed by atoms with Crippen molar-refractivity contribution in [3.63, 3.8) is 0 Å². The maximum atomic E-state index is 13.2. The number of rotatable bonds is 5. The van der Waals surface area contributed by atoms with Crippen LogP contribution in [0.15, 0.2) is 27.6 Å². The zero-order valence-electron chi connectivity index (χ0n) is 12.1. The van der Waals surface area contributed by atoms with Crippen molar-refractivity contribution in [2.75, 3.05) is 0 Å². The molecule has 0 aliphatic carbocycles. The zero-order valence-corrected chi connectivity index (χ0v) is 12.9. The van der Waals surface area contributed by atoms with Crippen LogP contribution in [-0.4, -0.2) is 13.4 Å². The van der Waals surface area contributed by atoms with Gasteiger partial charge >= 0.3 is 0 Å². The second kappa shape index (κ2) is 5.95. The molecule has 1 N–H and O–H groups in total. The molecule has 0 radical (unpaired) electrons. The topological polar surface area (TPSA) is 72.2 Å². The SMILES string of the molecule is CCc1cnc(CNS(=O)(=O)c2c(C)cc(F)cc2C)o1. The lowest BCUT2D eigenvalue weighted by Crippen LogP contribution is -2.25. The van der Waals surface area contributed by atoms with Crippen LogP contribution in [-0.2, 0) is 23.0 Å². The van der Waals surface area contributed by atoms with E-state index in [0.717, 1.165) is 0 Å². The Morgan fingerprint density at radius 1 is 1.29 bits per heavy atom. The smallest absolute Gasteiger partial charge is 0.241 e. The van der Waals surface area contributed by atoms with Gasteiger partial charge in [0, 0.05) is 6.42 Å². The van der Waals surface area contributed by atoms with E-state index < -0.39 is 15.8 Å². The van der Waals surface area contributed by atoms with E-state index in [1.54, 1.807) is 20.0 Å². The minimum Gasteiger partial charge on any atom is -0.444 e. The van der Waals surface area contributed by atoms with Crippen LogP contribution in [0.25, 0.3) is 0 Å². The molecule has 0 spiro atoms. The van der Waals surface area contributed by atoms with Crippen LogP contribution in [0.3, 0.4) is 0 Å². The first kappa shape index (κ1) is 15.7. The van der Waals surface area contributed by atoms with Crippen molar-refractivity contribution in [1.82, 2.24) is 9.71 Å². The number of benzene rings is 1. The van der Waals surface area contributed by atoms with Crippen molar-refractivity contribution in [3.8, 4) is 0 Å². The summed E-state index contributed by atoms with van der Waals surface area (Å²) in [4.78, 5) is 4.08. The number of oxazole rings is 1. The average molecular weight is 312 g/mol. The molecule has 0 fully saturated rings. The number of sulfonamides is 1. The van der Waals surface area contributed by atoms with Crippen molar-refractivity contribution in [2.45, 2.75) is 38.6 Å². The molecule has 2 aromatic rings. The lowest BCUT2D eigenvalue weighted by Gasteiger charge is -2.11. The van der Waals surface area contributed by atoms with E-state index in [-0.39, 0.29) is 11.4 Å². The highest BCUT2D eigenvalue weighted by molar-refractivity contribution is 7.89. The van der Waals surface area contributed by atoms with Gasteiger partial charge in [-0.25, -0.2) is 22.5 Å². The average Bonchev–Trinajstić information content (AvgIpc) is 2.82. The zero-order chi connectivity index (χ0) is 15.6. The molecule has 1 heterocycles. The fraction of sp³-hybridized carbons (Fsp3) is 0.357. The van der Waals surface area contributed by atoms with Crippen LogP contribution >= 0.6 is 0 Å². The van der Waals surface area contributed by atoms with Crippen LogP contribution in [0.4, 0.5) is 4.39 Å². The van der Waals surface area contributed by atoms with Gasteiger partial charge in [-0.05, 0) is 37.1 Å². The van der Waals surface area contributed by atoms with E-state index in [0.29, 0.717) is 29.2 Å². The molecule has 0 aliphatic rings. The highest BCUT2D eigenvalue weighted by Crippen LogP contribution is 2.21. The van der Waals surface area contributed by atoms with Crippen molar-refractivity contribution >= 4 is 10.0 Å². The molecule has 7 heteroatoms. The Hall–Kier alpha value is -1.73. The quantitative estimate of drug-likeness (QED) is 0.920. The van der Waals surface area contributed by atoms with Gasteiger partial charge in [0.1, 0.15) is 11.6 Å². The molecule has 0 unspecified atom stereocenters. The summed E-state index contributed by atoms with van der Waals surface area (Å²) in [6, 6.07) is 2.39. The van der Waals surface area contributed by atoms with Crippen molar-refractivity contribution in [3.05, 3.63) is 46.9 Å². The molecule has 21 heavy (non-hydrogen) atoms. The minimum atomic E-state index is -3.75. The Kier molecular flexibility index (Phi) is 4.43. The number of nitrogens with one attached hydrogen (secondary N) is 1. The lowest BCUT2D eigenvalue weighted by atomic mass is 10.1. The second-order valence-corrected chi connectivity index (χ2v) is 6.47. The van der Waals surface area contributed by atoms with Gasteiger partial charge in [-0.15, -0.1) is 0 Å². The van der Waals surface area contributed by atoms with Crippen LogP contribution < -0.4 is 4.72 Å². The molecule has 114 valence electrons. The third-order valence-corrected chi connectivity index (χ3v) is 4.76. The van der Waals surface area contributed by atoms with E-state index in [1.165, 1.54) is 12.1 Å². The number of aromatic nitrogens is 1. The van der Waals surface area contributed by atoms with E-state index in [4.69, 9.17) is 4.42 Å². The number of nitrogens with zero attached hydrogens (tertiary/aromatic N) is 1. The Morgan fingerprint density at radius 3 is 2.43 bits per heavy atom. The molecule has 1 aromatic carbocycles. The molecule has 0 saturated carbocycles. The molecule has 0 saturated heterocycles. The summed E-state index contributed by atoms with van der Waals surface area (Å²) >= 11 is 0. The summed E-state index contributed by atoms with van der Waals surface area (Å²) in [5.41, 5.74) is 0.725. The predicted octanol–water partition coefficient (Wildman–Crippen LogP) is 2.47. The molecule has 0 aliphatic heterocycles. The molecule has 0 bridgehead atoms. The molecule has 0 amide bonds. The molecular weight excluding hydrogens is 295 g/mol. The van der Waals surface area contributed by atoms with Gasteiger partial charge in [-0.2, -0.15) is 0 Å². The second-order valence-electron chi connectivity index (χ2n) is 4.77. The Morgan fingerprint density at radius 2 is 1.90 bits per heavy atom. The maximum Gasteiger partial charge on any atom is 0.241 e. The number of aryl methyl sites for hydroxylation is 3. The number of halogens is 1. The number of hydrogen-bond donors (Lipinski definition) is 1. The first-order valence-electron chi connectivity index (χ1n) is 6.53. The van der Waals surface area contributed by atoms with Gasteiger partial charge in [0.25, 0.3) is 0 Å². The van der Waals surface area contributed by atoms with Crippen molar-refractivity contribution < 1.29 is 17.2 Å². The summed E-state index contributed by atoms with van der Waals surface area (Å²) in [5, 5.41) is 0. The van der Waals surface area contributed by atoms with E-state index in [2.05, 4.69) is 9.71 Å². The van der Waals surface area contributed by atoms with Gasteiger partial charge in [-0.3, -0.25) is 0 Å². The maximum absolute atomic E-state index is 13.2. The summed E-state index contributed by atoms with van der Waals surface area (Å²) in [6.07, 6.45) is 2.26. The first-order chi connectivity index (χ1) is 9.83. The largest absolute Gasteiger partial charge is 0.444 e. The molecule has 1 aromatic heterocycles. The standard InChI is InChI=1S/C14H17FN2O3S/c1-4-12-7-16-13(20-12)8-17-21(18,19)14-9(2)5-11(15)6-10(14)3/h5-7,17H,4,8H2,1-3H3. The van der Waals surface area contributed by atoms with Crippen molar-refractivity contribution in [2.24, 2.45) is 0 Å². The fourth-order valence-corrected chi connectivity index (χ4v) is 3.57. The van der Waals surface area contributed by atoms with Gasteiger partial charge in [0.15, 0.2) is 0 Å². The summed E-state index contributed by atoms with van der Waals surface area (Å²) < 4.78 is 45.7. The normalized spacial score (nSPS) is 11.8. The highest BCUT2D eigenvalue weighted by Gasteiger charge is 2.21. The van der Waals surface area contributed by atoms with E-state index >= 15 is 0 Å². The summed E-state index contributed by atoms with van der Waals surface area (Å²) in [7, 11) is -3.75. The van der Waals surface area contributed by atoms with Gasteiger partial charge < -0.3 is 4.42 Å². The van der Waals surface area contributed by atoms with Crippen LogP contribution in [0.2, 0.25) is 0 Å². The molecular formula is C14H17FN2O3S. The summed E-state index contributed by atoms with van der Waals surface area (Å²) in [6.45, 7) is 4.99. The molecule has 5 nitrogen and oxygen atoms in total. The third kappa shape index (κ3) is 3.48. The predicted molar refractivity (Wildman–Crippen MR) is 75.8 cm³/mol. The molecule has 2 rings (SSSR count). The number of hydrogen-bond acceptors (Lipinski definition) is 4.